The minimum atomic E-state index is -0.137. The zero-order valence-corrected chi connectivity index (χ0v) is 13.5. The highest BCUT2D eigenvalue weighted by molar-refractivity contribution is 8.15. The van der Waals surface area contributed by atoms with Crippen molar-refractivity contribution in [3.05, 3.63) is 18.3 Å². The lowest BCUT2D eigenvalue weighted by Crippen LogP contribution is -2.19. The van der Waals surface area contributed by atoms with Crippen molar-refractivity contribution in [2.75, 3.05) is 5.75 Å². The van der Waals surface area contributed by atoms with Crippen molar-refractivity contribution >= 4 is 39.3 Å². The summed E-state index contributed by atoms with van der Waals surface area (Å²) in [6.07, 6.45) is 3.14. The number of hydrogen-bond acceptors (Lipinski definition) is 7. The Morgan fingerprint density at radius 2 is 2.24 bits per heavy atom. The number of amidine groups is 1. The molecule has 2 aromatic heterocycles. The standard InChI is InChI=1S/C12H14N6OS2/c1-12(2,3)8-9(18-6-13-5-14-18)21-11(16-8)17-10-15-7(19)4-20-10/h5-6H,4H2,1-3H3,(H,15,16,17,19). The molecule has 1 saturated heterocycles. The van der Waals surface area contributed by atoms with Crippen LogP contribution in [-0.4, -0.2) is 36.6 Å². The molecule has 1 amide bonds. The fourth-order valence-corrected chi connectivity index (χ4v) is 3.60. The maximum Gasteiger partial charge on any atom is 0.236 e. The predicted octanol–water partition coefficient (Wildman–Crippen LogP) is 1.87. The minimum Gasteiger partial charge on any atom is -0.304 e. The summed E-state index contributed by atoms with van der Waals surface area (Å²) >= 11 is 2.82. The Kier molecular flexibility index (Phi) is 3.54. The van der Waals surface area contributed by atoms with Crippen molar-refractivity contribution in [1.82, 2.24) is 25.1 Å². The topological polar surface area (TPSA) is 85.1 Å². The molecule has 9 heteroatoms. The van der Waals surface area contributed by atoms with Crippen LogP contribution in [0.2, 0.25) is 0 Å². The molecular weight excluding hydrogens is 308 g/mol. The molecule has 7 nitrogen and oxygen atoms in total. The van der Waals surface area contributed by atoms with E-state index < -0.39 is 0 Å². The van der Waals surface area contributed by atoms with Gasteiger partial charge in [-0.15, -0.1) is 0 Å². The summed E-state index contributed by atoms with van der Waals surface area (Å²) in [6, 6.07) is 0. The van der Waals surface area contributed by atoms with Gasteiger partial charge in [0.15, 0.2) is 5.17 Å². The number of hydrogen-bond donors (Lipinski definition) is 1. The van der Waals surface area contributed by atoms with E-state index in [1.165, 1.54) is 29.4 Å². The molecule has 3 rings (SSSR count). The third-order valence-corrected chi connectivity index (χ3v) is 4.53. The van der Waals surface area contributed by atoms with Crippen molar-refractivity contribution in [2.24, 2.45) is 4.99 Å². The number of aromatic nitrogens is 4. The second-order valence-corrected chi connectivity index (χ2v) is 7.41. The third kappa shape index (κ3) is 2.98. The minimum absolute atomic E-state index is 0.0251. The van der Waals surface area contributed by atoms with Crippen LogP contribution in [0, 0.1) is 0 Å². The molecule has 0 aromatic carbocycles. The number of carbonyl (C=O) groups excluding carboxylic acids is 1. The second kappa shape index (κ2) is 5.23. The van der Waals surface area contributed by atoms with Crippen molar-refractivity contribution in [3.63, 3.8) is 0 Å². The van der Waals surface area contributed by atoms with E-state index in [9.17, 15) is 4.79 Å². The first-order chi connectivity index (χ1) is 9.93. The maximum absolute atomic E-state index is 11.2. The van der Waals surface area contributed by atoms with Crippen LogP contribution in [0.15, 0.2) is 17.6 Å². The number of thiazole rings is 1. The van der Waals surface area contributed by atoms with Gasteiger partial charge in [-0.2, -0.15) is 10.1 Å². The van der Waals surface area contributed by atoms with Gasteiger partial charge in [0.25, 0.3) is 0 Å². The highest BCUT2D eigenvalue weighted by Gasteiger charge is 2.25. The van der Waals surface area contributed by atoms with E-state index in [1.54, 1.807) is 11.0 Å². The largest absolute Gasteiger partial charge is 0.304 e. The first kappa shape index (κ1) is 14.2. The normalized spacial score (nSPS) is 17.5. The average Bonchev–Trinajstić information content (AvgIpc) is 3.08. The summed E-state index contributed by atoms with van der Waals surface area (Å²) in [5.41, 5.74) is 0.772. The summed E-state index contributed by atoms with van der Waals surface area (Å²) in [5.74, 6) is 0.384. The quantitative estimate of drug-likeness (QED) is 0.912. The molecule has 1 aliphatic heterocycles. The Morgan fingerprint density at radius 3 is 2.81 bits per heavy atom. The zero-order valence-electron chi connectivity index (χ0n) is 11.8. The van der Waals surface area contributed by atoms with E-state index in [1.807, 2.05) is 0 Å². The van der Waals surface area contributed by atoms with Gasteiger partial charge in [0.2, 0.25) is 11.0 Å². The molecule has 1 N–H and O–H groups in total. The number of nitrogens with zero attached hydrogens (tertiary/aromatic N) is 5. The van der Waals surface area contributed by atoms with Crippen LogP contribution in [0.5, 0.6) is 0 Å². The van der Waals surface area contributed by atoms with Gasteiger partial charge in [-0.1, -0.05) is 43.9 Å². The lowest BCUT2D eigenvalue weighted by Gasteiger charge is -2.16. The van der Waals surface area contributed by atoms with Gasteiger partial charge < -0.3 is 5.32 Å². The fraction of sp³-hybridized carbons (Fsp3) is 0.417. The lowest BCUT2D eigenvalue weighted by atomic mass is 9.92. The molecule has 1 aliphatic rings. The van der Waals surface area contributed by atoms with E-state index in [-0.39, 0.29) is 11.3 Å². The smallest absolute Gasteiger partial charge is 0.236 e. The Morgan fingerprint density at radius 1 is 1.43 bits per heavy atom. The molecule has 21 heavy (non-hydrogen) atoms. The van der Waals surface area contributed by atoms with Crippen LogP contribution in [0.3, 0.4) is 0 Å². The number of amides is 1. The zero-order chi connectivity index (χ0) is 15.0. The van der Waals surface area contributed by atoms with E-state index in [0.29, 0.717) is 16.1 Å². The van der Waals surface area contributed by atoms with Crippen LogP contribution in [0.25, 0.3) is 5.00 Å². The van der Waals surface area contributed by atoms with Gasteiger partial charge in [-0.25, -0.2) is 14.6 Å². The third-order valence-electron chi connectivity index (χ3n) is 2.72. The molecule has 0 unspecified atom stereocenters. The molecule has 3 heterocycles. The number of carbonyl (C=O) groups is 1. The molecule has 0 aliphatic carbocycles. The van der Waals surface area contributed by atoms with Crippen LogP contribution in [-0.2, 0) is 10.2 Å². The molecule has 0 saturated carbocycles. The summed E-state index contributed by atoms with van der Waals surface area (Å²) in [5, 5.41) is 8.98. The molecule has 0 radical (unpaired) electrons. The molecule has 0 bridgehead atoms. The van der Waals surface area contributed by atoms with E-state index in [2.05, 4.69) is 46.1 Å². The Hall–Kier alpha value is -1.74. The van der Waals surface area contributed by atoms with Crippen LogP contribution < -0.4 is 5.32 Å². The molecular formula is C12H14N6OS2. The monoisotopic (exact) mass is 322 g/mol. The van der Waals surface area contributed by atoms with E-state index in [0.717, 1.165) is 10.7 Å². The molecule has 110 valence electrons. The number of aliphatic imine (C=N–C) groups is 1. The van der Waals surface area contributed by atoms with Crippen LogP contribution in [0.1, 0.15) is 26.5 Å². The summed E-state index contributed by atoms with van der Waals surface area (Å²) in [6.45, 7) is 6.27. The molecule has 1 fully saturated rings. The second-order valence-electron chi connectivity index (χ2n) is 5.49. The fourth-order valence-electron chi connectivity index (χ4n) is 1.78. The average molecular weight is 322 g/mol. The summed E-state index contributed by atoms with van der Waals surface area (Å²) < 4.78 is 1.70. The summed E-state index contributed by atoms with van der Waals surface area (Å²) in [7, 11) is 0. The van der Waals surface area contributed by atoms with Crippen molar-refractivity contribution in [2.45, 2.75) is 26.2 Å². The maximum atomic E-state index is 11.2. The van der Waals surface area contributed by atoms with Gasteiger partial charge >= 0.3 is 0 Å². The Balaban J connectivity index is 2.02. The van der Waals surface area contributed by atoms with Crippen molar-refractivity contribution < 1.29 is 4.79 Å². The molecule has 0 spiro atoms. The lowest BCUT2D eigenvalue weighted by molar-refractivity contribution is -0.116. The first-order valence-corrected chi connectivity index (χ1v) is 8.11. The Bertz CT molecular complexity index is 698. The Labute approximate surface area is 129 Å². The first-order valence-electron chi connectivity index (χ1n) is 6.31. The molecule has 0 atom stereocenters. The van der Waals surface area contributed by atoms with Crippen LogP contribution in [0.4, 0.5) is 5.13 Å². The van der Waals surface area contributed by atoms with Gasteiger partial charge in [0.05, 0.1) is 11.4 Å². The molecule has 2 aromatic rings. The van der Waals surface area contributed by atoms with Gasteiger partial charge in [-0.3, -0.25) is 4.79 Å². The van der Waals surface area contributed by atoms with Gasteiger partial charge in [-0.05, 0) is 0 Å². The number of rotatable bonds is 2. The van der Waals surface area contributed by atoms with Gasteiger partial charge in [0, 0.05) is 5.41 Å². The predicted molar refractivity (Wildman–Crippen MR) is 83.4 cm³/mol. The number of nitrogens with one attached hydrogen (secondary N) is 1. The SMILES string of the molecule is CC(C)(C)c1nc(/N=C2\NC(=O)CS2)sc1-n1cncn1. The van der Waals surface area contributed by atoms with Crippen molar-refractivity contribution in [1.29, 1.82) is 0 Å². The summed E-state index contributed by atoms with van der Waals surface area (Å²) in [4.78, 5) is 24.2. The highest BCUT2D eigenvalue weighted by Crippen LogP contribution is 2.36. The highest BCUT2D eigenvalue weighted by atomic mass is 32.2. The van der Waals surface area contributed by atoms with E-state index >= 15 is 0 Å². The van der Waals surface area contributed by atoms with Gasteiger partial charge in [0.1, 0.15) is 17.7 Å². The van der Waals surface area contributed by atoms with Crippen LogP contribution >= 0.6 is 23.1 Å². The van der Waals surface area contributed by atoms with E-state index in [4.69, 9.17) is 0 Å². The number of thioether (sulfide) groups is 1. The van der Waals surface area contributed by atoms with Crippen molar-refractivity contribution in [3.8, 4) is 5.00 Å².